The molecule has 4 N–H and O–H groups in total. The molecule has 0 spiro atoms. The summed E-state index contributed by atoms with van der Waals surface area (Å²) in [4.78, 5) is 46.6. The smallest absolute Gasteiger partial charge is 0.408 e. The average molecular weight is 467 g/mol. The summed E-state index contributed by atoms with van der Waals surface area (Å²) in [5, 5.41) is 32.4. The lowest BCUT2D eigenvalue weighted by atomic mass is 10.1. The van der Waals surface area contributed by atoms with Gasteiger partial charge in [-0.15, -0.1) is 11.8 Å². The van der Waals surface area contributed by atoms with Gasteiger partial charge in [-0.3, -0.25) is 4.79 Å². The Bertz CT molecular complexity index is 1010. The Morgan fingerprint density at radius 3 is 2.31 bits per heavy atom. The van der Waals surface area contributed by atoms with Gasteiger partial charge in [-0.25, -0.2) is 14.4 Å². The number of amides is 1. The number of alkyl carbamates (subject to hydrolysis) is 1. The molecule has 1 heterocycles. The van der Waals surface area contributed by atoms with Crippen molar-refractivity contribution in [2.24, 2.45) is 0 Å². The molecule has 174 valence electrons. The molecule has 2 rings (SSSR count). The van der Waals surface area contributed by atoms with Crippen LogP contribution in [-0.4, -0.2) is 61.3 Å². The Morgan fingerprint density at radius 1 is 1.09 bits per heavy atom. The topological polar surface area (TPSA) is 155 Å². The van der Waals surface area contributed by atoms with E-state index in [4.69, 9.17) is 9.84 Å². The van der Waals surface area contributed by atoms with Crippen LogP contribution >= 0.6 is 11.8 Å². The number of aromatic nitrogens is 1. The predicted octanol–water partition coefficient (Wildman–Crippen LogP) is 3.20. The fourth-order valence-corrected chi connectivity index (χ4v) is 4.19. The molecule has 11 heteroatoms. The number of carbonyl (C=O) groups excluding carboxylic acids is 1. The van der Waals surface area contributed by atoms with E-state index in [0.717, 1.165) is 17.1 Å². The fourth-order valence-electron chi connectivity index (χ4n) is 2.96. The Kier molecular flexibility index (Phi) is 8.14. The van der Waals surface area contributed by atoms with Gasteiger partial charge in [-0.1, -0.05) is 24.3 Å². The van der Waals surface area contributed by atoms with Crippen LogP contribution in [-0.2, 0) is 19.1 Å². The summed E-state index contributed by atoms with van der Waals surface area (Å²) >= 11 is 1.06. The average Bonchev–Trinajstić information content (AvgIpc) is 3.01. The molecule has 0 aliphatic heterocycles. The van der Waals surface area contributed by atoms with Crippen LogP contribution in [0.5, 0.6) is 0 Å². The molecule has 0 aliphatic rings. The van der Waals surface area contributed by atoms with Gasteiger partial charge in [0.1, 0.15) is 17.7 Å². The van der Waals surface area contributed by atoms with Crippen molar-refractivity contribution in [3.05, 3.63) is 30.5 Å². The zero-order chi connectivity index (χ0) is 24.1. The van der Waals surface area contributed by atoms with Crippen LogP contribution in [0.1, 0.15) is 39.7 Å². The molecular formula is C21H26N2O8S. The van der Waals surface area contributed by atoms with Crippen LogP contribution in [0, 0.1) is 0 Å². The van der Waals surface area contributed by atoms with Crippen molar-refractivity contribution in [1.29, 1.82) is 0 Å². The second-order valence-electron chi connectivity index (χ2n) is 8.06. The van der Waals surface area contributed by atoms with Crippen molar-refractivity contribution in [2.75, 3.05) is 5.75 Å². The first-order valence-electron chi connectivity index (χ1n) is 9.78. The van der Waals surface area contributed by atoms with Crippen LogP contribution in [0.15, 0.2) is 35.5 Å². The predicted molar refractivity (Wildman–Crippen MR) is 117 cm³/mol. The van der Waals surface area contributed by atoms with E-state index in [1.807, 2.05) is 0 Å². The molecule has 0 saturated carbocycles. The number of nitrogens with one attached hydrogen (secondary N) is 1. The normalized spacial score (nSPS) is 13.3. The lowest BCUT2D eigenvalue weighted by Gasteiger charge is -2.22. The number of carbonyl (C=O) groups is 4. The summed E-state index contributed by atoms with van der Waals surface area (Å²) < 4.78 is 6.56. The molecule has 0 aliphatic carbocycles. The highest BCUT2D eigenvalue weighted by Gasteiger charge is 2.28. The first-order chi connectivity index (χ1) is 14.9. The number of carboxylic acid groups (broad SMARTS) is 3. The summed E-state index contributed by atoms with van der Waals surface area (Å²) in [6, 6.07) is 4.64. The van der Waals surface area contributed by atoms with Crippen molar-refractivity contribution in [3.63, 3.8) is 0 Å². The summed E-state index contributed by atoms with van der Waals surface area (Å²) in [5.74, 6) is -3.69. The Balaban J connectivity index is 2.32. The summed E-state index contributed by atoms with van der Waals surface area (Å²) in [5.41, 5.74) is -0.802. The Labute approximate surface area is 188 Å². The molecule has 0 fully saturated rings. The largest absolute Gasteiger partial charge is 0.481 e. The number of thioether (sulfide) groups is 1. The first kappa shape index (κ1) is 25.1. The van der Waals surface area contributed by atoms with Crippen LogP contribution in [0.4, 0.5) is 4.79 Å². The van der Waals surface area contributed by atoms with Crippen LogP contribution in [0.2, 0.25) is 0 Å². The number of ether oxygens (including phenoxy) is 1. The van der Waals surface area contributed by atoms with Crippen LogP contribution in [0.3, 0.4) is 0 Å². The highest BCUT2D eigenvalue weighted by atomic mass is 32.2. The molecule has 32 heavy (non-hydrogen) atoms. The van der Waals surface area contributed by atoms with Crippen molar-refractivity contribution in [3.8, 4) is 0 Å². The molecule has 0 bridgehead atoms. The maximum atomic E-state index is 12.0. The minimum atomic E-state index is -1.29. The fraction of sp³-hybridized carbons (Fsp3) is 0.429. The standard InChI is InChI=1S/C21H26N2O8S/c1-21(2,3)31-20(30)22-14(18(26)27)11-32-17-13-7-5-4-6-12(13)10-23(17)15(19(28)29)8-9-16(24)25/h4-7,10,14-15H,8-9,11H2,1-3H3,(H,22,30)(H,24,25)(H,26,27)(H,28,29)/t14-,15?/m0/s1. The van der Waals surface area contributed by atoms with Crippen LogP contribution < -0.4 is 5.32 Å². The van der Waals surface area contributed by atoms with E-state index in [-0.39, 0.29) is 18.6 Å². The maximum Gasteiger partial charge on any atom is 0.408 e. The molecule has 1 aromatic heterocycles. The van der Waals surface area contributed by atoms with Crippen molar-refractivity contribution in [1.82, 2.24) is 9.88 Å². The third-order valence-corrected chi connectivity index (χ3v) is 5.54. The third kappa shape index (κ3) is 6.91. The second kappa shape index (κ2) is 10.4. The van der Waals surface area contributed by atoms with E-state index in [1.54, 1.807) is 51.2 Å². The van der Waals surface area contributed by atoms with Gasteiger partial charge >= 0.3 is 24.0 Å². The van der Waals surface area contributed by atoms with Gasteiger partial charge in [0, 0.05) is 29.1 Å². The number of nitrogens with zero attached hydrogens (tertiary/aromatic N) is 1. The molecule has 1 aromatic carbocycles. The molecule has 10 nitrogen and oxygen atoms in total. The summed E-state index contributed by atoms with van der Waals surface area (Å²) in [6.07, 6.45) is 0.247. The van der Waals surface area contributed by atoms with Crippen molar-refractivity contribution in [2.45, 2.75) is 56.3 Å². The minimum absolute atomic E-state index is 0.103. The van der Waals surface area contributed by atoms with E-state index in [1.165, 1.54) is 4.57 Å². The van der Waals surface area contributed by atoms with Gasteiger partial charge in [0.05, 0.1) is 5.03 Å². The molecule has 2 aromatic rings. The van der Waals surface area contributed by atoms with Gasteiger partial charge in [-0.05, 0) is 27.2 Å². The highest BCUT2D eigenvalue weighted by molar-refractivity contribution is 7.99. The van der Waals surface area contributed by atoms with E-state index in [2.05, 4.69) is 5.32 Å². The SMILES string of the molecule is CC(C)(C)OC(=O)N[C@@H](CSc1c2ccccc2cn1C(CCC(=O)O)C(=O)O)C(=O)O. The second-order valence-corrected chi connectivity index (χ2v) is 9.07. The number of benzene rings is 1. The monoisotopic (exact) mass is 466 g/mol. The van der Waals surface area contributed by atoms with E-state index >= 15 is 0 Å². The zero-order valence-corrected chi connectivity index (χ0v) is 18.7. The summed E-state index contributed by atoms with van der Waals surface area (Å²) in [6.45, 7) is 4.96. The van der Waals surface area contributed by atoms with Gasteiger partial charge in [0.25, 0.3) is 0 Å². The quantitative estimate of drug-likeness (QED) is 0.386. The maximum absolute atomic E-state index is 12.0. The number of hydrogen-bond donors (Lipinski definition) is 4. The summed E-state index contributed by atoms with van der Waals surface area (Å²) in [7, 11) is 0. The molecular weight excluding hydrogens is 440 g/mol. The Morgan fingerprint density at radius 2 is 1.75 bits per heavy atom. The Hall–Kier alpha value is -3.21. The minimum Gasteiger partial charge on any atom is -0.481 e. The van der Waals surface area contributed by atoms with Crippen molar-refractivity contribution < 1.29 is 39.2 Å². The number of hydrogen-bond acceptors (Lipinski definition) is 6. The molecule has 1 amide bonds. The van der Waals surface area contributed by atoms with E-state index < -0.39 is 41.7 Å². The van der Waals surface area contributed by atoms with Crippen LogP contribution in [0.25, 0.3) is 10.8 Å². The highest BCUT2D eigenvalue weighted by Crippen LogP contribution is 2.34. The van der Waals surface area contributed by atoms with E-state index in [0.29, 0.717) is 10.4 Å². The van der Waals surface area contributed by atoms with Gasteiger partial charge in [-0.2, -0.15) is 0 Å². The number of carboxylic acids is 3. The zero-order valence-electron chi connectivity index (χ0n) is 17.9. The number of rotatable bonds is 10. The molecule has 0 saturated heterocycles. The van der Waals surface area contributed by atoms with Gasteiger partial charge in [0.15, 0.2) is 0 Å². The number of fused-ring (bicyclic) bond motifs is 1. The molecule has 1 unspecified atom stereocenters. The lowest BCUT2D eigenvalue weighted by Crippen LogP contribution is -2.45. The first-order valence-corrected chi connectivity index (χ1v) is 10.8. The van der Waals surface area contributed by atoms with Gasteiger partial charge in [0.2, 0.25) is 0 Å². The lowest BCUT2D eigenvalue weighted by molar-refractivity contribution is -0.142. The molecule has 2 atom stereocenters. The third-order valence-electron chi connectivity index (χ3n) is 4.33. The van der Waals surface area contributed by atoms with Crippen molar-refractivity contribution >= 4 is 46.5 Å². The van der Waals surface area contributed by atoms with Gasteiger partial charge < -0.3 is 29.9 Å². The van der Waals surface area contributed by atoms with E-state index in [9.17, 15) is 29.4 Å². The molecule has 0 radical (unpaired) electrons. The number of aliphatic carboxylic acids is 3.